The minimum Gasteiger partial charge on any atom is -0.361 e. The van der Waals surface area contributed by atoms with Gasteiger partial charge in [0.15, 0.2) is 4.34 Å². The van der Waals surface area contributed by atoms with E-state index >= 15 is 0 Å². The van der Waals surface area contributed by atoms with Crippen LogP contribution in [0, 0.1) is 13.8 Å². The third-order valence-electron chi connectivity index (χ3n) is 3.26. The zero-order chi connectivity index (χ0) is 17.8. The summed E-state index contributed by atoms with van der Waals surface area (Å²) in [6, 6.07) is 6.77. The van der Waals surface area contributed by atoms with Crippen LogP contribution in [0.25, 0.3) is 0 Å². The van der Waals surface area contributed by atoms with Crippen molar-refractivity contribution in [1.82, 2.24) is 15.4 Å². The first kappa shape index (κ1) is 18.2. The van der Waals surface area contributed by atoms with Gasteiger partial charge in [-0.05, 0) is 38.1 Å². The van der Waals surface area contributed by atoms with E-state index in [0.717, 1.165) is 32.8 Å². The van der Waals surface area contributed by atoms with Crippen molar-refractivity contribution in [3.63, 3.8) is 0 Å². The molecule has 5 nitrogen and oxygen atoms in total. The maximum atomic E-state index is 12.3. The maximum Gasteiger partial charge on any atom is 0.288 e. The van der Waals surface area contributed by atoms with Gasteiger partial charge in [0.25, 0.3) is 5.76 Å². The van der Waals surface area contributed by atoms with Crippen LogP contribution in [0.4, 0.5) is 19.6 Å². The van der Waals surface area contributed by atoms with Crippen molar-refractivity contribution in [1.29, 1.82) is 0 Å². The molecule has 25 heavy (non-hydrogen) atoms. The molecule has 1 aromatic carbocycles. The fourth-order valence-electron chi connectivity index (χ4n) is 2.00. The van der Waals surface area contributed by atoms with Crippen molar-refractivity contribution < 1.29 is 13.3 Å². The Morgan fingerprint density at radius 1 is 1.20 bits per heavy atom. The van der Waals surface area contributed by atoms with Gasteiger partial charge in [-0.1, -0.05) is 40.0 Å². The molecule has 0 atom stereocenters. The molecule has 0 saturated carbocycles. The Morgan fingerprint density at radius 3 is 2.60 bits per heavy atom. The number of nitrogens with one attached hydrogen (secondary N) is 1. The van der Waals surface area contributed by atoms with Crippen LogP contribution in [-0.2, 0) is 5.75 Å². The molecule has 3 rings (SSSR count). The highest BCUT2D eigenvalue weighted by atomic mass is 32.2. The van der Waals surface area contributed by atoms with Crippen LogP contribution in [0.3, 0.4) is 0 Å². The molecule has 0 saturated heterocycles. The number of nitrogens with zero attached hydrogens (tertiary/aromatic N) is 3. The number of thioether (sulfide) groups is 2. The largest absolute Gasteiger partial charge is 0.361 e. The second-order valence-corrected chi connectivity index (χ2v) is 8.26. The lowest BCUT2D eigenvalue weighted by atomic mass is 10.2. The molecule has 0 spiro atoms. The molecule has 0 aliphatic heterocycles. The summed E-state index contributed by atoms with van der Waals surface area (Å²) in [4.78, 5) is 0.522. The van der Waals surface area contributed by atoms with E-state index in [9.17, 15) is 8.78 Å². The van der Waals surface area contributed by atoms with Crippen LogP contribution >= 0.6 is 34.9 Å². The van der Waals surface area contributed by atoms with E-state index < -0.39 is 5.76 Å². The number of hydrogen-bond acceptors (Lipinski definition) is 8. The van der Waals surface area contributed by atoms with Crippen LogP contribution in [-0.4, -0.2) is 21.1 Å². The molecule has 0 bridgehead atoms. The van der Waals surface area contributed by atoms with Gasteiger partial charge in [-0.2, -0.15) is 8.78 Å². The monoisotopic (exact) mass is 400 g/mol. The molecule has 3 aromatic rings. The smallest absolute Gasteiger partial charge is 0.288 e. The van der Waals surface area contributed by atoms with Gasteiger partial charge in [0.1, 0.15) is 5.76 Å². The van der Waals surface area contributed by atoms with E-state index in [-0.39, 0.29) is 0 Å². The molecule has 10 heteroatoms. The first-order chi connectivity index (χ1) is 12.0. The molecule has 1 N–H and O–H groups in total. The second-order valence-electron chi connectivity index (χ2n) is 4.99. The summed E-state index contributed by atoms with van der Waals surface area (Å²) in [5, 5.41) is 15.9. The van der Waals surface area contributed by atoms with E-state index in [1.54, 1.807) is 36.0 Å². The van der Waals surface area contributed by atoms with Crippen LogP contribution in [0.2, 0.25) is 0 Å². The Hall–Kier alpha value is -1.65. The van der Waals surface area contributed by atoms with Gasteiger partial charge in [-0.3, -0.25) is 0 Å². The predicted molar refractivity (Wildman–Crippen MR) is 97.0 cm³/mol. The van der Waals surface area contributed by atoms with E-state index in [2.05, 4.69) is 20.7 Å². The lowest BCUT2D eigenvalue weighted by molar-refractivity contribution is 0.252. The molecular formula is C15H14F2N4OS3. The fourth-order valence-corrected chi connectivity index (χ4v) is 4.43. The number of alkyl halides is 2. The molecule has 132 valence electrons. The second kappa shape index (κ2) is 8.15. The zero-order valence-corrected chi connectivity index (χ0v) is 15.8. The fraction of sp³-hybridized carbons (Fsp3) is 0.267. The Bertz CT molecular complexity index is 816. The Labute approximate surface area is 155 Å². The highest BCUT2D eigenvalue weighted by Crippen LogP contribution is 2.32. The Morgan fingerprint density at radius 2 is 1.96 bits per heavy atom. The van der Waals surface area contributed by atoms with Crippen molar-refractivity contribution in [2.75, 3.05) is 5.32 Å². The van der Waals surface area contributed by atoms with Gasteiger partial charge in [0.05, 0.1) is 5.69 Å². The lowest BCUT2D eigenvalue weighted by Gasteiger charge is -2.03. The highest BCUT2D eigenvalue weighted by molar-refractivity contribution is 8.00. The van der Waals surface area contributed by atoms with Crippen LogP contribution < -0.4 is 5.32 Å². The number of rotatable bonds is 7. The number of halogens is 2. The summed E-state index contributed by atoms with van der Waals surface area (Å²) < 4.78 is 30.6. The van der Waals surface area contributed by atoms with Gasteiger partial charge in [0.2, 0.25) is 5.13 Å². The first-order valence-electron chi connectivity index (χ1n) is 7.21. The summed E-state index contributed by atoms with van der Waals surface area (Å²) in [6.45, 7) is 3.80. The van der Waals surface area contributed by atoms with Crippen molar-refractivity contribution in [3.8, 4) is 0 Å². The van der Waals surface area contributed by atoms with Gasteiger partial charge >= 0.3 is 0 Å². The third kappa shape index (κ3) is 4.93. The predicted octanol–water partition coefficient (Wildman–Crippen LogP) is 5.49. The molecule has 0 unspecified atom stereocenters. The van der Waals surface area contributed by atoms with Crippen LogP contribution in [0.5, 0.6) is 0 Å². The van der Waals surface area contributed by atoms with Gasteiger partial charge in [-0.15, -0.1) is 10.2 Å². The van der Waals surface area contributed by atoms with Gasteiger partial charge < -0.3 is 9.84 Å². The summed E-state index contributed by atoms with van der Waals surface area (Å²) in [7, 11) is 0. The summed E-state index contributed by atoms with van der Waals surface area (Å²) in [6.07, 6.45) is 0. The third-order valence-corrected chi connectivity index (χ3v) is 5.98. The number of aromatic nitrogens is 3. The first-order valence-corrected chi connectivity index (χ1v) is 9.89. The average molecular weight is 401 g/mol. The van der Waals surface area contributed by atoms with Crippen molar-refractivity contribution in [2.24, 2.45) is 0 Å². The highest BCUT2D eigenvalue weighted by Gasteiger charge is 2.12. The molecule has 0 amide bonds. The lowest BCUT2D eigenvalue weighted by Crippen LogP contribution is -1.89. The maximum absolute atomic E-state index is 12.3. The molecule has 0 aliphatic carbocycles. The van der Waals surface area contributed by atoms with Gasteiger partial charge in [-0.25, -0.2) is 0 Å². The number of benzene rings is 1. The number of anilines is 2. The summed E-state index contributed by atoms with van der Waals surface area (Å²) >= 11 is 3.52. The van der Waals surface area contributed by atoms with Crippen molar-refractivity contribution in [3.05, 3.63) is 41.3 Å². The molecule has 2 heterocycles. The molecule has 0 fully saturated rings. The van der Waals surface area contributed by atoms with Crippen molar-refractivity contribution in [2.45, 2.75) is 34.6 Å². The van der Waals surface area contributed by atoms with E-state index in [4.69, 9.17) is 4.52 Å². The minimum absolute atomic E-state index is 0.522. The average Bonchev–Trinajstić information content (AvgIpc) is 3.14. The number of aryl methyl sites for hydroxylation is 2. The number of hydrogen-bond donors (Lipinski definition) is 1. The van der Waals surface area contributed by atoms with E-state index in [1.807, 2.05) is 13.8 Å². The molecular weight excluding hydrogens is 386 g/mol. The Balaban J connectivity index is 1.58. The molecule has 0 aliphatic rings. The van der Waals surface area contributed by atoms with Crippen molar-refractivity contribution >= 4 is 45.7 Å². The minimum atomic E-state index is -2.42. The normalized spacial score (nSPS) is 11.2. The van der Waals surface area contributed by atoms with E-state index in [1.165, 1.54) is 11.3 Å². The van der Waals surface area contributed by atoms with Crippen LogP contribution in [0.15, 0.2) is 38.0 Å². The quantitative estimate of drug-likeness (QED) is 0.526. The zero-order valence-electron chi connectivity index (χ0n) is 13.3. The summed E-state index contributed by atoms with van der Waals surface area (Å²) in [5.74, 6) is -0.885. The molecule has 2 aromatic heterocycles. The Kier molecular flexibility index (Phi) is 5.92. The topological polar surface area (TPSA) is 63.8 Å². The van der Waals surface area contributed by atoms with E-state index in [0.29, 0.717) is 21.8 Å². The molecule has 0 radical (unpaired) electrons. The standard InChI is InChI=1S/C15H14F2N4OS3/c1-8-12(9(2)22-21-8)7-23-15-20-19-14(25-15)18-10-3-5-11(6-4-10)24-13(16)17/h3-6,13H,7H2,1-2H3,(H,18,19). The van der Waals surface area contributed by atoms with Crippen LogP contribution in [0.1, 0.15) is 17.0 Å². The SMILES string of the molecule is Cc1noc(C)c1CSc1nnc(Nc2ccc(SC(F)F)cc2)s1. The van der Waals surface area contributed by atoms with Gasteiger partial charge in [0, 0.05) is 21.9 Å². The summed E-state index contributed by atoms with van der Waals surface area (Å²) in [5.41, 5.74) is 2.73.